The largest absolute Gasteiger partial charge is 0.489 e. The molecular formula is C14H13IO. The highest BCUT2D eigenvalue weighted by atomic mass is 127. The van der Waals surface area contributed by atoms with Gasteiger partial charge >= 0.3 is 0 Å². The predicted molar refractivity (Wildman–Crippen MR) is 74.7 cm³/mol. The van der Waals surface area contributed by atoms with Crippen LogP contribution in [-0.4, -0.2) is 0 Å². The van der Waals surface area contributed by atoms with Crippen LogP contribution in [0.4, 0.5) is 0 Å². The molecule has 0 aliphatic heterocycles. The minimum Gasteiger partial charge on any atom is -0.489 e. The molecular weight excluding hydrogens is 311 g/mol. The Kier molecular flexibility index (Phi) is 3.83. The van der Waals surface area contributed by atoms with E-state index < -0.39 is 0 Å². The first kappa shape index (κ1) is 11.5. The summed E-state index contributed by atoms with van der Waals surface area (Å²) in [4.78, 5) is 0. The predicted octanol–water partition coefficient (Wildman–Crippen LogP) is 4.18. The fourth-order valence-corrected chi connectivity index (χ4v) is 1.82. The molecule has 0 heterocycles. The van der Waals surface area contributed by atoms with E-state index >= 15 is 0 Å². The molecule has 0 N–H and O–H groups in total. The van der Waals surface area contributed by atoms with Crippen molar-refractivity contribution in [3.63, 3.8) is 0 Å². The first-order valence-electron chi connectivity index (χ1n) is 5.18. The molecule has 2 aromatic carbocycles. The van der Waals surface area contributed by atoms with Crippen molar-refractivity contribution in [2.75, 3.05) is 0 Å². The summed E-state index contributed by atoms with van der Waals surface area (Å²) < 4.78 is 7.01. The maximum absolute atomic E-state index is 5.76. The van der Waals surface area contributed by atoms with Gasteiger partial charge in [0.2, 0.25) is 0 Å². The summed E-state index contributed by atoms with van der Waals surface area (Å²) in [7, 11) is 0. The van der Waals surface area contributed by atoms with Gasteiger partial charge in [-0.2, -0.15) is 0 Å². The summed E-state index contributed by atoms with van der Waals surface area (Å²) in [6.07, 6.45) is 0. The first-order valence-corrected chi connectivity index (χ1v) is 6.26. The Morgan fingerprint density at radius 1 is 1.00 bits per heavy atom. The van der Waals surface area contributed by atoms with Gasteiger partial charge in [-0.1, -0.05) is 30.3 Å². The smallest absolute Gasteiger partial charge is 0.122 e. The highest BCUT2D eigenvalue weighted by Gasteiger charge is 1.98. The van der Waals surface area contributed by atoms with Crippen molar-refractivity contribution in [1.82, 2.24) is 0 Å². The lowest BCUT2D eigenvalue weighted by Gasteiger charge is -2.08. The molecule has 0 aliphatic carbocycles. The Morgan fingerprint density at radius 2 is 1.69 bits per heavy atom. The van der Waals surface area contributed by atoms with Gasteiger partial charge in [-0.25, -0.2) is 0 Å². The number of ether oxygens (including phenoxy) is 1. The van der Waals surface area contributed by atoms with Crippen molar-refractivity contribution in [1.29, 1.82) is 0 Å². The average Bonchev–Trinajstić information content (AvgIpc) is 2.30. The van der Waals surface area contributed by atoms with Crippen molar-refractivity contribution in [3.05, 3.63) is 63.2 Å². The second-order valence-electron chi connectivity index (χ2n) is 3.68. The summed E-state index contributed by atoms with van der Waals surface area (Å²) >= 11 is 2.30. The molecule has 0 aromatic heterocycles. The zero-order chi connectivity index (χ0) is 11.4. The van der Waals surface area contributed by atoms with Crippen molar-refractivity contribution >= 4 is 22.6 Å². The molecule has 2 aromatic rings. The average molecular weight is 324 g/mol. The van der Waals surface area contributed by atoms with E-state index in [2.05, 4.69) is 59.8 Å². The summed E-state index contributed by atoms with van der Waals surface area (Å²) in [6.45, 7) is 2.69. The van der Waals surface area contributed by atoms with Crippen LogP contribution in [0.1, 0.15) is 11.1 Å². The van der Waals surface area contributed by atoms with E-state index in [0.717, 1.165) is 5.75 Å². The lowest BCUT2D eigenvalue weighted by molar-refractivity contribution is 0.304. The van der Waals surface area contributed by atoms with E-state index in [9.17, 15) is 0 Å². The second-order valence-corrected chi connectivity index (χ2v) is 4.93. The van der Waals surface area contributed by atoms with Gasteiger partial charge in [-0.05, 0) is 58.8 Å². The van der Waals surface area contributed by atoms with Crippen molar-refractivity contribution in [3.8, 4) is 5.75 Å². The van der Waals surface area contributed by atoms with Gasteiger partial charge in [0.25, 0.3) is 0 Å². The molecule has 1 nitrogen and oxygen atoms in total. The molecule has 0 aliphatic rings. The Morgan fingerprint density at radius 3 is 2.38 bits per heavy atom. The Balaban J connectivity index is 2.02. The summed E-state index contributed by atoms with van der Waals surface area (Å²) in [5, 5.41) is 0. The number of hydrogen-bond donors (Lipinski definition) is 0. The van der Waals surface area contributed by atoms with Gasteiger partial charge in [-0.15, -0.1) is 0 Å². The van der Waals surface area contributed by atoms with Crippen molar-refractivity contribution < 1.29 is 4.74 Å². The highest BCUT2D eigenvalue weighted by molar-refractivity contribution is 14.1. The molecule has 0 bridgehead atoms. The molecule has 0 unspecified atom stereocenters. The van der Waals surface area contributed by atoms with E-state index in [1.807, 2.05) is 18.2 Å². The fourth-order valence-electron chi connectivity index (χ4n) is 1.46. The number of benzene rings is 2. The molecule has 0 saturated carbocycles. The normalized spacial score (nSPS) is 10.1. The van der Waals surface area contributed by atoms with Gasteiger partial charge < -0.3 is 4.74 Å². The minimum atomic E-state index is 0.627. The van der Waals surface area contributed by atoms with Crippen LogP contribution >= 0.6 is 22.6 Å². The van der Waals surface area contributed by atoms with Crippen LogP contribution in [0.15, 0.2) is 48.5 Å². The third-order valence-corrected chi connectivity index (χ3v) is 3.12. The number of aryl methyl sites for hydroxylation is 1. The zero-order valence-corrected chi connectivity index (χ0v) is 11.3. The highest BCUT2D eigenvalue weighted by Crippen LogP contribution is 2.18. The number of hydrogen-bond acceptors (Lipinski definition) is 1. The first-order chi connectivity index (χ1) is 7.75. The number of para-hydroxylation sites is 1. The number of rotatable bonds is 3. The Labute approximate surface area is 110 Å². The topological polar surface area (TPSA) is 9.23 Å². The molecule has 0 radical (unpaired) electrons. The SMILES string of the molecule is Cc1ccccc1OCc1ccc(I)cc1. The lowest BCUT2D eigenvalue weighted by Crippen LogP contribution is -1.96. The minimum absolute atomic E-state index is 0.627. The van der Waals surface area contributed by atoms with Crippen LogP contribution in [0.5, 0.6) is 5.75 Å². The van der Waals surface area contributed by atoms with Gasteiger partial charge in [-0.3, -0.25) is 0 Å². The molecule has 82 valence electrons. The van der Waals surface area contributed by atoms with Gasteiger partial charge in [0.1, 0.15) is 12.4 Å². The van der Waals surface area contributed by atoms with E-state index in [0.29, 0.717) is 6.61 Å². The summed E-state index contributed by atoms with van der Waals surface area (Å²) in [6, 6.07) is 16.5. The fraction of sp³-hybridized carbons (Fsp3) is 0.143. The molecule has 0 saturated heterocycles. The molecule has 0 spiro atoms. The van der Waals surface area contributed by atoms with Crippen LogP contribution < -0.4 is 4.74 Å². The monoisotopic (exact) mass is 324 g/mol. The van der Waals surface area contributed by atoms with E-state index in [1.54, 1.807) is 0 Å². The van der Waals surface area contributed by atoms with Crippen LogP contribution in [-0.2, 0) is 6.61 Å². The van der Waals surface area contributed by atoms with Crippen molar-refractivity contribution in [2.24, 2.45) is 0 Å². The molecule has 16 heavy (non-hydrogen) atoms. The quantitative estimate of drug-likeness (QED) is 0.770. The van der Waals surface area contributed by atoms with Crippen LogP contribution in [0, 0.1) is 10.5 Å². The molecule has 0 fully saturated rings. The Bertz CT molecular complexity index is 462. The molecule has 2 heteroatoms. The maximum atomic E-state index is 5.76. The lowest BCUT2D eigenvalue weighted by atomic mass is 10.2. The molecule has 2 rings (SSSR count). The molecule has 0 atom stereocenters. The van der Waals surface area contributed by atoms with Crippen LogP contribution in [0.25, 0.3) is 0 Å². The Hall–Kier alpha value is -1.03. The van der Waals surface area contributed by atoms with E-state index in [1.165, 1.54) is 14.7 Å². The van der Waals surface area contributed by atoms with E-state index in [4.69, 9.17) is 4.74 Å². The maximum Gasteiger partial charge on any atom is 0.122 e. The van der Waals surface area contributed by atoms with Gasteiger partial charge in [0.15, 0.2) is 0 Å². The number of halogens is 1. The third kappa shape index (κ3) is 2.98. The van der Waals surface area contributed by atoms with Crippen LogP contribution in [0.2, 0.25) is 0 Å². The third-order valence-electron chi connectivity index (χ3n) is 2.40. The summed E-state index contributed by atoms with van der Waals surface area (Å²) in [5.74, 6) is 0.959. The summed E-state index contributed by atoms with van der Waals surface area (Å²) in [5.41, 5.74) is 2.37. The van der Waals surface area contributed by atoms with E-state index in [-0.39, 0.29) is 0 Å². The van der Waals surface area contributed by atoms with Crippen molar-refractivity contribution in [2.45, 2.75) is 13.5 Å². The van der Waals surface area contributed by atoms with Crippen LogP contribution in [0.3, 0.4) is 0 Å². The molecule has 0 amide bonds. The standard InChI is InChI=1S/C14H13IO/c1-11-4-2-3-5-14(11)16-10-12-6-8-13(15)9-7-12/h2-9H,10H2,1H3. The van der Waals surface area contributed by atoms with Gasteiger partial charge in [0.05, 0.1) is 0 Å². The zero-order valence-electron chi connectivity index (χ0n) is 9.11. The van der Waals surface area contributed by atoms with Gasteiger partial charge in [0, 0.05) is 3.57 Å². The second kappa shape index (κ2) is 5.34.